The Labute approximate surface area is 100 Å². The van der Waals surface area contributed by atoms with Crippen LogP contribution >= 0.6 is 0 Å². The summed E-state index contributed by atoms with van der Waals surface area (Å²) in [5.74, 6) is 0.223. The summed E-state index contributed by atoms with van der Waals surface area (Å²) in [7, 11) is 0. The van der Waals surface area contributed by atoms with Gasteiger partial charge in [-0.15, -0.1) is 0 Å². The first-order chi connectivity index (χ1) is 8.00. The highest BCUT2D eigenvalue weighted by molar-refractivity contribution is 5.75. The molecule has 1 heterocycles. The number of guanidine groups is 1. The second-order valence-corrected chi connectivity index (χ2v) is 4.19. The molecule has 6 nitrogen and oxygen atoms in total. The van der Waals surface area contributed by atoms with Gasteiger partial charge in [0.25, 0.3) is 5.56 Å². The van der Waals surface area contributed by atoms with Crippen molar-refractivity contribution in [2.24, 2.45) is 16.5 Å². The van der Waals surface area contributed by atoms with E-state index in [4.69, 9.17) is 11.5 Å². The number of rotatable bonds is 5. The molecule has 0 fully saturated rings. The lowest BCUT2D eigenvalue weighted by atomic mass is 10.1. The van der Waals surface area contributed by atoms with Crippen molar-refractivity contribution in [3.63, 3.8) is 0 Å². The SMILES string of the molecule is CC(C)c1ncc(CCCN=C(N)N)[nH]c1=O. The fourth-order valence-corrected chi connectivity index (χ4v) is 1.46. The Morgan fingerprint density at radius 3 is 2.76 bits per heavy atom. The van der Waals surface area contributed by atoms with Gasteiger partial charge < -0.3 is 16.5 Å². The Kier molecular flexibility index (Phi) is 4.68. The van der Waals surface area contributed by atoms with Crippen LogP contribution < -0.4 is 17.0 Å². The molecule has 0 aromatic carbocycles. The van der Waals surface area contributed by atoms with Gasteiger partial charge in [-0.25, -0.2) is 0 Å². The highest BCUT2D eigenvalue weighted by Gasteiger charge is 2.06. The Bertz CT molecular complexity index is 445. The summed E-state index contributed by atoms with van der Waals surface area (Å²) in [6, 6.07) is 0. The van der Waals surface area contributed by atoms with Crippen LogP contribution in [0.2, 0.25) is 0 Å². The normalized spacial score (nSPS) is 10.5. The van der Waals surface area contributed by atoms with E-state index in [-0.39, 0.29) is 17.4 Å². The van der Waals surface area contributed by atoms with E-state index in [1.807, 2.05) is 13.8 Å². The van der Waals surface area contributed by atoms with Crippen molar-refractivity contribution >= 4 is 5.96 Å². The van der Waals surface area contributed by atoms with Crippen LogP contribution in [0.4, 0.5) is 0 Å². The average Bonchev–Trinajstić information content (AvgIpc) is 2.23. The Balaban J connectivity index is 2.59. The molecule has 0 aliphatic rings. The van der Waals surface area contributed by atoms with Gasteiger partial charge in [-0.1, -0.05) is 13.8 Å². The lowest BCUT2D eigenvalue weighted by molar-refractivity contribution is 0.758. The van der Waals surface area contributed by atoms with Crippen LogP contribution in [0.5, 0.6) is 0 Å². The lowest BCUT2D eigenvalue weighted by Crippen LogP contribution is -2.23. The van der Waals surface area contributed by atoms with Crippen molar-refractivity contribution in [2.75, 3.05) is 6.54 Å². The van der Waals surface area contributed by atoms with E-state index in [0.717, 1.165) is 12.1 Å². The number of nitrogens with one attached hydrogen (secondary N) is 1. The minimum absolute atomic E-state index is 0.0896. The molecule has 0 unspecified atom stereocenters. The van der Waals surface area contributed by atoms with Crippen molar-refractivity contribution in [3.05, 3.63) is 27.9 Å². The first kappa shape index (κ1) is 13.2. The van der Waals surface area contributed by atoms with E-state index in [1.54, 1.807) is 6.20 Å². The van der Waals surface area contributed by atoms with Gasteiger partial charge in [-0.05, 0) is 12.8 Å². The quantitative estimate of drug-likeness (QED) is 0.383. The maximum atomic E-state index is 11.6. The molecule has 0 aliphatic heterocycles. The standard InChI is InChI=1S/C11H19N5O/c1-7(2)9-10(17)16-8(6-15-9)4-3-5-14-11(12)13/h6-7H,3-5H2,1-2H3,(H,16,17)(H4,12,13,14). The van der Waals surface area contributed by atoms with Gasteiger partial charge in [0.05, 0.1) is 0 Å². The zero-order valence-corrected chi connectivity index (χ0v) is 10.2. The number of nitrogens with two attached hydrogens (primary N) is 2. The van der Waals surface area contributed by atoms with Crippen LogP contribution in [0.3, 0.4) is 0 Å². The third-order valence-electron chi connectivity index (χ3n) is 2.31. The second kappa shape index (κ2) is 6.03. The van der Waals surface area contributed by atoms with E-state index in [1.165, 1.54) is 0 Å². The molecule has 17 heavy (non-hydrogen) atoms. The van der Waals surface area contributed by atoms with Crippen molar-refractivity contribution in [1.82, 2.24) is 9.97 Å². The van der Waals surface area contributed by atoms with Crippen molar-refractivity contribution in [2.45, 2.75) is 32.6 Å². The van der Waals surface area contributed by atoms with Crippen molar-refractivity contribution in [3.8, 4) is 0 Å². The van der Waals surface area contributed by atoms with Gasteiger partial charge in [0.15, 0.2) is 5.96 Å². The molecule has 94 valence electrons. The summed E-state index contributed by atoms with van der Waals surface area (Å²) >= 11 is 0. The number of aromatic amines is 1. The van der Waals surface area contributed by atoms with Crippen LogP contribution in [0.15, 0.2) is 16.0 Å². The molecule has 5 N–H and O–H groups in total. The number of aromatic nitrogens is 2. The van der Waals surface area contributed by atoms with E-state index >= 15 is 0 Å². The topological polar surface area (TPSA) is 110 Å². The molecule has 0 radical (unpaired) electrons. The third-order valence-corrected chi connectivity index (χ3v) is 2.31. The van der Waals surface area contributed by atoms with Gasteiger partial charge in [-0.2, -0.15) is 0 Å². The van der Waals surface area contributed by atoms with Crippen LogP contribution in [0.25, 0.3) is 0 Å². The van der Waals surface area contributed by atoms with E-state index in [0.29, 0.717) is 18.7 Å². The molecule has 0 saturated heterocycles. The molecular weight excluding hydrogens is 218 g/mol. The number of aryl methyl sites for hydroxylation is 1. The zero-order chi connectivity index (χ0) is 12.8. The monoisotopic (exact) mass is 237 g/mol. The molecule has 1 aromatic rings. The number of H-pyrrole nitrogens is 1. The minimum atomic E-state index is -0.112. The summed E-state index contributed by atoms with van der Waals surface area (Å²) in [5, 5.41) is 0. The Morgan fingerprint density at radius 1 is 1.53 bits per heavy atom. The molecule has 0 saturated carbocycles. The predicted molar refractivity (Wildman–Crippen MR) is 67.9 cm³/mol. The molecule has 1 rings (SSSR count). The van der Waals surface area contributed by atoms with E-state index in [2.05, 4.69) is 15.0 Å². The molecular formula is C11H19N5O. The summed E-state index contributed by atoms with van der Waals surface area (Å²) in [4.78, 5) is 22.5. The van der Waals surface area contributed by atoms with Crippen LogP contribution in [0.1, 0.15) is 37.6 Å². The van der Waals surface area contributed by atoms with Gasteiger partial charge in [-0.3, -0.25) is 14.8 Å². The Morgan fingerprint density at radius 2 is 2.24 bits per heavy atom. The van der Waals surface area contributed by atoms with Crippen LogP contribution in [-0.4, -0.2) is 22.5 Å². The molecule has 6 heteroatoms. The number of aliphatic imine (C=N–C) groups is 1. The van der Waals surface area contributed by atoms with Crippen molar-refractivity contribution < 1.29 is 0 Å². The molecule has 0 amide bonds. The van der Waals surface area contributed by atoms with Gasteiger partial charge >= 0.3 is 0 Å². The summed E-state index contributed by atoms with van der Waals surface area (Å²) in [6.45, 7) is 4.43. The Hall–Kier alpha value is -1.85. The summed E-state index contributed by atoms with van der Waals surface area (Å²) < 4.78 is 0. The minimum Gasteiger partial charge on any atom is -0.370 e. The third kappa shape index (κ3) is 4.26. The first-order valence-corrected chi connectivity index (χ1v) is 5.64. The highest BCUT2D eigenvalue weighted by atomic mass is 16.1. The largest absolute Gasteiger partial charge is 0.370 e. The van der Waals surface area contributed by atoms with E-state index in [9.17, 15) is 4.79 Å². The van der Waals surface area contributed by atoms with E-state index < -0.39 is 0 Å². The maximum absolute atomic E-state index is 11.6. The molecule has 1 aromatic heterocycles. The smallest absolute Gasteiger partial charge is 0.270 e. The van der Waals surface area contributed by atoms with Crippen molar-refractivity contribution in [1.29, 1.82) is 0 Å². The van der Waals surface area contributed by atoms with Gasteiger partial charge in [0.2, 0.25) is 0 Å². The van der Waals surface area contributed by atoms with Crippen LogP contribution in [0, 0.1) is 0 Å². The zero-order valence-electron chi connectivity index (χ0n) is 10.2. The average molecular weight is 237 g/mol. The lowest BCUT2D eigenvalue weighted by Gasteiger charge is -2.04. The number of nitrogens with zero attached hydrogens (tertiary/aromatic N) is 2. The first-order valence-electron chi connectivity index (χ1n) is 5.64. The predicted octanol–water partition coefficient (Wildman–Crippen LogP) is 0.0993. The maximum Gasteiger partial charge on any atom is 0.270 e. The fourth-order valence-electron chi connectivity index (χ4n) is 1.46. The second-order valence-electron chi connectivity index (χ2n) is 4.19. The number of hydrogen-bond acceptors (Lipinski definition) is 3. The molecule has 0 aliphatic carbocycles. The van der Waals surface area contributed by atoms with Gasteiger partial charge in [0, 0.05) is 24.4 Å². The number of hydrogen-bond donors (Lipinski definition) is 3. The highest BCUT2D eigenvalue weighted by Crippen LogP contribution is 2.05. The molecule has 0 bridgehead atoms. The van der Waals surface area contributed by atoms with Gasteiger partial charge in [0.1, 0.15) is 5.69 Å². The summed E-state index contributed by atoms with van der Waals surface area (Å²) in [6.07, 6.45) is 3.18. The molecule has 0 atom stereocenters. The fraction of sp³-hybridized carbons (Fsp3) is 0.545. The summed E-state index contributed by atoms with van der Waals surface area (Å²) in [5.41, 5.74) is 11.7. The molecule has 0 spiro atoms. The van der Waals surface area contributed by atoms with Crippen LogP contribution in [-0.2, 0) is 6.42 Å².